The second kappa shape index (κ2) is 12.0. The molecule has 1 aliphatic rings. The van der Waals surface area contributed by atoms with Crippen LogP contribution in [0.5, 0.6) is 0 Å². The summed E-state index contributed by atoms with van der Waals surface area (Å²) in [5, 5.41) is 15.1. The van der Waals surface area contributed by atoms with E-state index in [1.54, 1.807) is 0 Å². The van der Waals surface area contributed by atoms with E-state index in [4.69, 9.17) is 18.8 Å². The number of aliphatic imine (C=N–C) groups is 2. The lowest BCUT2D eigenvalue weighted by molar-refractivity contribution is 0.668. The van der Waals surface area contributed by atoms with E-state index in [2.05, 4.69) is 151 Å². The van der Waals surface area contributed by atoms with Crippen molar-refractivity contribution in [1.29, 1.82) is 0 Å². The van der Waals surface area contributed by atoms with Crippen LogP contribution in [0.3, 0.4) is 0 Å². The fourth-order valence-electron chi connectivity index (χ4n) is 8.64. The summed E-state index contributed by atoms with van der Waals surface area (Å²) in [4.78, 5) is 10.6. The monoisotopic (exact) mass is 717 g/mol. The van der Waals surface area contributed by atoms with E-state index < -0.39 is 0 Å². The van der Waals surface area contributed by atoms with Gasteiger partial charge in [-0.15, -0.1) is 0 Å². The van der Waals surface area contributed by atoms with Gasteiger partial charge >= 0.3 is 0 Å². The summed E-state index contributed by atoms with van der Waals surface area (Å²) >= 11 is 0. The molecule has 1 atom stereocenters. The van der Waals surface area contributed by atoms with E-state index in [1.165, 1.54) is 32.3 Å². The molecule has 11 aromatic rings. The minimum atomic E-state index is -0.368. The average Bonchev–Trinajstić information content (AvgIpc) is 3.85. The molecule has 12 rings (SSSR count). The zero-order valence-corrected chi connectivity index (χ0v) is 30.0. The summed E-state index contributed by atoms with van der Waals surface area (Å²) in [5.74, 6) is 1.42. The van der Waals surface area contributed by atoms with Crippen LogP contribution in [0.25, 0.3) is 87.3 Å². The third-order valence-corrected chi connectivity index (χ3v) is 11.3. The average molecular weight is 718 g/mol. The highest BCUT2D eigenvalue weighted by Gasteiger charge is 2.25. The third-order valence-electron chi connectivity index (χ3n) is 11.3. The Hall–Kier alpha value is -7.50. The summed E-state index contributed by atoms with van der Waals surface area (Å²) in [6, 6.07) is 61.5. The predicted molar refractivity (Wildman–Crippen MR) is 231 cm³/mol. The number of nitrogens with zero attached hydrogens (tertiary/aromatic N) is 2. The lowest BCUT2D eigenvalue weighted by Gasteiger charge is -2.24. The van der Waals surface area contributed by atoms with Crippen molar-refractivity contribution in [3.05, 3.63) is 193 Å². The molecule has 2 aromatic heterocycles. The fourth-order valence-corrected chi connectivity index (χ4v) is 8.64. The zero-order valence-electron chi connectivity index (χ0n) is 30.0. The van der Waals surface area contributed by atoms with Crippen LogP contribution in [0.2, 0.25) is 0 Å². The molecular weight excluding hydrogens is 687 g/mol. The molecule has 5 nitrogen and oxygen atoms in total. The van der Waals surface area contributed by atoms with Crippen molar-refractivity contribution < 1.29 is 8.83 Å². The first kappa shape index (κ1) is 30.9. The number of nitrogens with one attached hydrogen (secondary N) is 1. The number of furan rings is 2. The van der Waals surface area contributed by atoms with Crippen molar-refractivity contribution in [2.24, 2.45) is 9.98 Å². The Morgan fingerprint density at radius 3 is 2.00 bits per heavy atom. The molecule has 0 bridgehead atoms. The Kier molecular flexibility index (Phi) is 6.63. The van der Waals surface area contributed by atoms with Crippen LogP contribution in [-0.4, -0.2) is 11.7 Å². The smallest absolute Gasteiger partial charge is 0.160 e. The van der Waals surface area contributed by atoms with Gasteiger partial charge in [0.25, 0.3) is 0 Å². The number of rotatable bonds is 4. The molecule has 3 heterocycles. The van der Waals surface area contributed by atoms with Gasteiger partial charge in [0.15, 0.2) is 5.84 Å². The molecule has 5 heteroatoms. The maximum absolute atomic E-state index is 6.78. The largest absolute Gasteiger partial charge is 0.456 e. The molecule has 1 N–H and O–H groups in total. The zero-order chi connectivity index (χ0) is 36.7. The molecule has 0 aliphatic carbocycles. The maximum atomic E-state index is 6.78. The van der Waals surface area contributed by atoms with Gasteiger partial charge in [-0.1, -0.05) is 133 Å². The Labute approximate surface area is 320 Å². The molecule has 9 aromatic carbocycles. The first-order valence-corrected chi connectivity index (χ1v) is 18.9. The normalized spacial score (nSPS) is 14.6. The van der Waals surface area contributed by atoms with Crippen LogP contribution in [-0.2, 0) is 0 Å². The Morgan fingerprint density at radius 2 is 1.11 bits per heavy atom. The lowest BCUT2D eigenvalue weighted by atomic mass is 9.96. The minimum absolute atomic E-state index is 0.368. The van der Waals surface area contributed by atoms with Crippen molar-refractivity contribution in [3.8, 4) is 11.1 Å². The summed E-state index contributed by atoms with van der Waals surface area (Å²) < 4.78 is 13.1. The highest BCUT2D eigenvalue weighted by atomic mass is 16.3. The number of benzene rings is 9. The minimum Gasteiger partial charge on any atom is -0.456 e. The highest BCUT2D eigenvalue weighted by molar-refractivity contribution is 6.24. The van der Waals surface area contributed by atoms with Gasteiger partial charge < -0.3 is 14.2 Å². The number of hydrogen-bond acceptors (Lipinski definition) is 5. The molecule has 0 spiro atoms. The van der Waals surface area contributed by atoms with Gasteiger partial charge in [-0.2, -0.15) is 0 Å². The van der Waals surface area contributed by atoms with E-state index in [1.807, 2.05) is 30.3 Å². The molecule has 1 aliphatic heterocycles. The fraction of sp³-hybridized carbons (Fsp3) is 0.0196. The van der Waals surface area contributed by atoms with Gasteiger partial charge in [-0.25, -0.2) is 9.98 Å². The van der Waals surface area contributed by atoms with E-state index in [0.29, 0.717) is 5.84 Å². The molecule has 0 radical (unpaired) electrons. The quantitative estimate of drug-likeness (QED) is 0.184. The Bertz CT molecular complexity index is 3460. The molecule has 0 amide bonds. The summed E-state index contributed by atoms with van der Waals surface area (Å²) in [6.07, 6.45) is -0.368. The van der Waals surface area contributed by atoms with Gasteiger partial charge in [-0.05, 0) is 85.9 Å². The van der Waals surface area contributed by atoms with Gasteiger partial charge in [0.05, 0.1) is 0 Å². The van der Waals surface area contributed by atoms with E-state index in [0.717, 1.165) is 77.5 Å². The van der Waals surface area contributed by atoms with Crippen molar-refractivity contribution in [2.45, 2.75) is 6.17 Å². The number of fused-ring (bicyclic) bond motifs is 11. The van der Waals surface area contributed by atoms with Crippen LogP contribution in [0.15, 0.2) is 195 Å². The summed E-state index contributed by atoms with van der Waals surface area (Å²) in [7, 11) is 0. The van der Waals surface area contributed by atoms with Crippen LogP contribution in [0.4, 0.5) is 0 Å². The first-order chi connectivity index (χ1) is 27.7. The Balaban J connectivity index is 1.06. The van der Waals surface area contributed by atoms with Crippen molar-refractivity contribution in [3.63, 3.8) is 0 Å². The summed E-state index contributed by atoms with van der Waals surface area (Å²) in [5.41, 5.74) is 8.37. The van der Waals surface area contributed by atoms with Crippen molar-refractivity contribution in [1.82, 2.24) is 5.32 Å². The Morgan fingerprint density at radius 1 is 0.429 bits per heavy atom. The topological polar surface area (TPSA) is 63.0 Å². The highest BCUT2D eigenvalue weighted by Crippen LogP contribution is 2.42. The van der Waals surface area contributed by atoms with Crippen molar-refractivity contribution >= 4 is 87.9 Å². The predicted octanol–water partition coefficient (Wildman–Crippen LogP) is 13.1. The van der Waals surface area contributed by atoms with E-state index in [-0.39, 0.29) is 6.17 Å². The molecule has 0 fully saturated rings. The SMILES string of the molecule is c1ccc(C2=NC(c3ccc(-c4ccc5oc6ccc7ccccc7c6c5c4)c4oc5ccccc5c34)=NC(c3ccc4c(ccc5ccccc54)c3)N2)cc1. The second-order valence-electron chi connectivity index (χ2n) is 14.5. The van der Waals surface area contributed by atoms with Gasteiger partial charge in [-0.3, -0.25) is 0 Å². The summed E-state index contributed by atoms with van der Waals surface area (Å²) in [6.45, 7) is 0. The van der Waals surface area contributed by atoms with Crippen LogP contribution >= 0.6 is 0 Å². The molecule has 56 heavy (non-hydrogen) atoms. The van der Waals surface area contributed by atoms with Crippen molar-refractivity contribution in [2.75, 3.05) is 0 Å². The second-order valence-corrected chi connectivity index (χ2v) is 14.5. The van der Waals surface area contributed by atoms with E-state index >= 15 is 0 Å². The number of para-hydroxylation sites is 1. The molecule has 0 saturated heterocycles. The van der Waals surface area contributed by atoms with Crippen LogP contribution in [0, 0.1) is 0 Å². The van der Waals surface area contributed by atoms with Crippen LogP contribution < -0.4 is 5.32 Å². The van der Waals surface area contributed by atoms with Gasteiger partial charge in [0.2, 0.25) is 0 Å². The molecule has 0 saturated carbocycles. The third kappa shape index (κ3) is 4.74. The maximum Gasteiger partial charge on any atom is 0.160 e. The van der Waals surface area contributed by atoms with Gasteiger partial charge in [0.1, 0.15) is 34.3 Å². The van der Waals surface area contributed by atoms with Gasteiger partial charge in [0, 0.05) is 38.2 Å². The van der Waals surface area contributed by atoms with E-state index in [9.17, 15) is 0 Å². The number of hydrogen-bond donors (Lipinski definition) is 1. The lowest BCUT2D eigenvalue weighted by Crippen LogP contribution is -2.33. The molecular formula is C51H31N3O2. The number of amidine groups is 2. The standard InChI is InChI=1S/C51H31N3O2/c1-2-12-32(13-3-1)49-52-50(35-20-23-37-33(28-35)19-18-30-10-4-6-14-36(30)37)54-51(53-49)41-25-24-39(48-47(41)40-16-8-9-17-43(40)56-48)34-22-26-44-42(29-34)46-38-15-7-5-11-31(38)21-27-45(46)55-44/h1-29,50H,(H,52,53,54). The first-order valence-electron chi connectivity index (χ1n) is 18.9. The van der Waals surface area contributed by atoms with Crippen LogP contribution in [0.1, 0.15) is 22.9 Å². The molecule has 1 unspecified atom stereocenters. The molecule has 262 valence electrons.